The summed E-state index contributed by atoms with van der Waals surface area (Å²) in [5.41, 5.74) is 0.940. The van der Waals surface area contributed by atoms with Crippen LogP contribution in [0.1, 0.15) is 12.0 Å². The van der Waals surface area contributed by atoms with Gasteiger partial charge in [-0.05, 0) is 17.7 Å². The van der Waals surface area contributed by atoms with E-state index >= 15 is 0 Å². The normalized spacial score (nSPS) is 9.79. The van der Waals surface area contributed by atoms with Gasteiger partial charge in [0, 0.05) is 20.1 Å². The van der Waals surface area contributed by atoms with E-state index in [0.717, 1.165) is 11.3 Å². The molecule has 0 spiro atoms. The van der Waals surface area contributed by atoms with E-state index in [2.05, 4.69) is 5.32 Å². The van der Waals surface area contributed by atoms with Crippen LogP contribution in [0.25, 0.3) is 0 Å². The second-order valence-corrected chi connectivity index (χ2v) is 4.08. The van der Waals surface area contributed by atoms with Gasteiger partial charge in [-0.1, -0.05) is 12.1 Å². The summed E-state index contributed by atoms with van der Waals surface area (Å²) in [6.07, 6.45) is -0.0846. The fourth-order valence-electron chi connectivity index (χ4n) is 1.53. The van der Waals surface area contributed by atoms with E-state index in [9.17, 15) is 9.59 Å². The van der Waals surface area contributed by atoms with Crippen molar-refractivity contribution in [3.05, 3.63) is 29.8 Å². The summed E-state index contributed by atoms with van der Waals surface area (Å²) in [7, 11) is 3.23. The Labute approximate surface area is 112 Å². The third kappa shape index (κ3) is 5.29. The number of methoxy groups -OCH3 is 1. The number of hydrogen-bond acceptors (Lipinski definition) is 3. The average molecular weight is 266 g/mol. The van der Waals surface area contributed by atoms with Gasteiger partial charge in [0.2, 0.25) is 0 Å². The van der Waals surface area contributed by atoms with Crippen molar-refractivity contribution >= 4 is 12.0 Å². The molecule has 1 aromatic carbocycles. The first-order valence-corrected chi connectivity index (χ1v) is 5.86. The van der Waals surface area contributed by atoms with Gasteiger partial charge < -0.3 is 20.1 Å². The molecule has 0 saturated heterocycles. The minimum absolute atomic E-state index is 0.0846. The highest BCUT2D eigenvalue weighted by Crippen LogP contribution is 2.13. The van der Waals surface area contributed by atoms with E-state index in [-0.39, 0.29) is 19.0 Å². The first-order valence-electron chi connectivity index (χ1n) is 5.86. The van der Waals surface area contributed by atoms with E-state index in [1.807, 2.05) is 24.3 Å². The molecule has 6 heteroatoms. The van der Waals surface area contributed by atoms with Crippen molar-refractivity contribution < 1.29 is 19.4 Å². The van der Waals surface area contributed by atoms with Gasteiger partial charge in [-0.15, -0.1) is 0 Å². The van der Waals surface area contributed by atoms with Gasteiger partial charge in [0.05, 0.1) is 13.5 Å². The molecule has 0 heterocycles. The van der Waals surface area contributed by atoms with Crippen molar-refractivity contribution in [1.29, 1.82) is 0 Å². The number of carbonyl (C=O) groups is 2. The van der Waals surface area contributed by atoms with Crippen LogP contribution in [-0.4, -0.2) is 42.7 Å². The van der Waals surface area contributed by atoms with Crippen LogP contribution in [0.15, 0.2) is 24.3 Å². The van der Waals surface area contributed by atoms with Gasteiger partial charge in [0.1, 0.15) is 5.75 Å². The second kappa shape index (κ2) is 7.25. The zero-order chi connectivity index (χ0) is 14.3. The number of carboxylic acids is 1. The molecule has 0 aliphatic heterocycles. The van der Waals surface area contributed by atoms with E-state index in [0.29, 0.717) is 6.54 Å². The first-order chi connectivity index (χ1) is 9.02. The van der Waals surface area contributed by atoms with Crippen molar-refractivity contribution in [1.82, 2.24) is 10.2 Å². The number of hydrogen-bond donors (Lipinski definition) is 2. The van der Waals surface area contributed by atoms with Gasteiger partial charge in [-0.2, -0.15) is 0 Å². The van der Waals surface area contributed by atoms with Gasteiger partial charge >= 0.3 is 12.0 Å². The van der Waals surface area contributed by atoms with Crippen molar-refractivity contribution in [2.75, 3.05) is 20.7 Å². The lowest BCUT2D eigenvalue weighted by atomic mass is 10.2. The summed E-state index contributed by atoms with van der Waals surface area (Å²) in [6, 6.07) is 7.12. The lowest BCUT2D eigenvalue weighted by Gasteiger charge is -2.18. The van der Waals surface area contributed by atoms with Crippen LogP contribution in [0.4, 0.5) is 4.79 Å². The zero-order valence-electron chi connectivity index (χ0n) is 11.0. The molecule has 1 aromatic rings. The number of rotatable bonds is 6. The molecule has 6 nitrogen and oxygen atoms in total. The highest BCUT2D eigenvalue weighted by molar-refractivity contribution is 5.75. The monoisotopic (exact) mass is 266 g/mol. The van der Waals surface area contributed by atoms with Crippen molar-refractivity contribution in [3.63, 3.8) is 0 Å². The van der Waals surface area contributed by atoms with E-state index < -0.39 is 5.97 Å². The molecule has 0 aliphatic carbocycles. The fraction of sp³-hybridized carbons (Fsp3) is 0.385. The van der Waals surface area contributed by atoms with Crippen LogP contribution in [0, 0.1) is 0 Å². The first kappa shape index (κ1) is 14.8. The predicted molar refractivity (Wildman–Crippen MR) is 70.1 cm³/mol. The fourth-order valence-corrected chi connectivity index (χ4v) is 1.53. The summed E-state index contributed by atoms with van der Waals surface area (Å²) in [6.45, 7) is 0.548. The summed E-state index contributed by atoms with van der Waals surface area (Å²) in [4.78, 5) is 23.5. The Morgan fingerprint density at radius 3 is 2.79 bits per heavy atom. The minimum Gasteiger partial charge on any atom is -0.497 e. The molecule has 19 heavy (non-hydrogen) atoms. The third-order valence-electron chi connectivity index (χ3n) is 2.52. The standard InChI is InChI=1S/C13H18N2O4/c1-15(13(18)14-7-6-12(16)17)9-10-4-3-5-11(8-10)19-2/h3-5,8H,6-7,9H2,1-2H3,(H,14,18)(H,16,17). The minimum atomic E-state index is -0.934. The molecule has 0 atom stereocenters. The van der Waals surface area contributed by atoms with Crippen molar-refractivity contribution in [3.8, 4) is 5.75 Å². The number of aliphatic carboxylic acids is 1. The number of benzene rings is 1. The number of nitrogens with one attached hydrogen (secondary N) is 1. The number of amides is 2. The van der Waals surface area contributed by atoms with E-state index in [1.54, 1.807) is 14.2 Å². The molecule has 104 valence electrons. The predicted octanol–water partition coefficient (Wildman–Crippen LogP) is 1.31. The topological polar surface area (TPSA) is 78.9 Å². The Kier molecular flexibility index (Phi) is 5.66. The van der Waals surface area contributed by atoms with Gasteiger partial charge in [0.15, 0.2) is 0 Å². The lowest BCUT2D eigenvalue weighted by Crippen LogP contribution is -2.37. The maximum atomic E-state index is 11.7. The van der Waals surface area contributed by atoms with Crippen LogP contribution in [0.3, 0.4) is 0 Å². The number of carbonyl (C=O) groups excluding carboxylic acids is 1. The van der Waals surface area contributed by atoms with Crippen LogP contribution < -0.4 is 10.1 Å². The van der Waals surface area contributed by atoms with Crippen LogP contribution in [0.2, 0.25) is 0 Å². The number of nitrogens with zero attached hydrogens (tertiary/aromatic N) is 1. The molecule has 0 bridgehead atoms. The molecule has 0 saturated carbocycles. The van der Waals surface area contributed by atoms with Crippen LogP contribution in [0.5, 0.6) is 5.75 Å². The zero-order valence-corrected chi connectivity index (χ0v) is 11.0. The highest BCUT2D eigenvalue weighted by atomic mass is 16.5. The lowest BCUT2D eigenvalue weighted by molar-refractivity contribution is -0.136. The number of ether oxygens (including phenoxy) is 1. The smallest absolute Gasteiger partial charge is 0.317 e. The quantitative estimate of drug-likeness (QED) is 0.813. The molecule has 1 rings (SSSR count). The van der Waals surface area contributed by atoms with Crippen molar-refractivity contribution in [2.45, 2.75) is 13.0 Å². The Bertz CT molecular complexity index is 448. The largest absolute Gasteiger partial charge is 0.497 e. The third-order valence-corrected chi connectivity index (χ3v) is 2.52. The molecule has 0 radical (unpaired) electrons. The Balaban J connectivity index is 2.46. The van der Waals surface area contributed by atoms with Gasteiger partial charge in [-0.25, -0.2) is 4.79 Å². The Morgan fingerprint density at radius 1 is 1.42 bits per heavy atom. The van der Waals surface area contributed by atoms with Crippen molar-refractivity contribution in [2.24, 2.45) is 0 Å². The van der Waals surface area contributed by atoms with E-state index in [4.69, 9.17) is 9.84 Å². The molecule has 0 aliphatic rings. The number of carboxylic acid groups (broad SMARTS) is 1. The summed E-state index contributed by atoms with van der Waals surface area (Å²) >= 11 is 0. The maximum absolute atomic E-state index is 11.7. The molecule has 0 aromatic heterocycles. The highest BCUT2D eigenvalue weighted by Gasteiger charge is 2.09. The average Bonchev–Trinajstić information content (AvgIpc) is 2.38. The summed E-state index contributed by atoms with van der Waals surface area (Å²) < 4.78 is 5.10. The van der Waals surface area contributed by atoms with Crippen LogP contribution >= 0.6 is 0 Å². The number of urea groups is 1. The molecular formula is C13H18N2O4. The molecular weight excluding hydrogens is 248 g/mol. The maximum Gasteiger partial charge on any atom is 0.317 e. The Morgan fingerprint density at radius 2 is 2.16 bits per heavy atom. The van der Waals surface area contributed by atoms with E-state index in [1.165, 1.54) is 4.90 Å². The summed E-state index contributed by atoms with van der Waals surface area (Å²) in [5.74, 6) is -0.201. The summed E-state index contributed by atoms with van der Waals surface area (Å²) in [5, 5.41) is 11.0. The van der Waals surface area contributed by atoms with Gasteiger partial charge in [-0.3, -0.25) is 4.79 Å². The van der Waals surface area contributed by atoms with Crippen LogP contribution in [-0.2, 0) is 11.3 Å². The Hall–Kier alpha value is -2.24. The second-order valence-electron chi connectivity index (χ2n) is 4.08. The molecule has 0 fully saturated rings. The van der Waals surface area contributed by atoms with Gasteiger partial charge in [0.25, 0.3) is 0 Å². The molecule has 2 N–H and O–H groups in total. The molecule has 0 unspecified atom stereocenters. The molecule has 2 amide bonds. The SMILES string of the molecule is COc1cccc(CN(C)C(=O)NCCC(=O)O)c1.